The summed E-state index contributed by atoms with van der Waals surface area (Å²) in [7, 11) is 4.13. The van der Waals surface area contributed by atoms with Crippen molar-refractivity contribution in [3.63, 3.8) is 0 Å². The van der Waals surface area contributed by atoms with Crippen LogP contribution >= 0.6 is 22.7 Å². The minimum Gasteiger partial charge on any atom is -0.475 e. The van der Waals surface area contributed by atoms with E-state index in [0.717, 1.165) is 23.8 Å². The van der Waals surface area contributed by atoms with Crippen molar-refractivity contribution in [2.24, 2.45) is 7.05 Å². The summed E-state index contributed by atoms with van der Waals surface area (Å²) in [4.78, 5) is 21.2. The van der Waals surface area contributed by atoms with Gasteiger partial charge >= 0.3 is 12.1 Å². The third kappa shape index (κ3) is 6.45. The largest absolute Gasteiger partial charge is 0.490 e. The number of hydrogen-bond acceptors (Lipinski definition) is 6. The number of carbonyl (C=O) groups is 1. The maximum absolute atomic E-state index is 10.6. The van der Waals surface area contributed by atoms with E-state index in [1.54, 1.807) is 22.7 Å². The lowest BCUT2D eigenvalue weighted by Crippen LogP contribution is -2.21. The molecular weight excluding hydrogens is 401 g/mol. The van der Waals surface area contributed by atoms with Gasteiger partial charge in [-0.3, -0.25) is 4.90 Å². The number of halogens is 3. The summed E-state index contributed by atoms with van der Waals surface area (Å²) in [5, 5.41) is 12.5. The number of nitrogens with zero attached hydrogens (tertiary/aromatic N) is 4. The van der Waals surface area contributed by atoms with E-state index in [2.05, 4.69) is 44.4 Å². The lowest BCUT2D eigenvalue weighted by molar-refractivity contribution is -0.192. The Balaban J connectivity index is 0.000000321. The molecular formula is C16H17F3N4O2S2. The van der Waals surface area contributed by atoms with Crippen LogP contribution in [0.3, 0.4) is 0 Å². The van der Waals surface area contributed by atoms with Gasteiger partial charge in [-0.05, 0) is 18.5 Å². The molecule has 0 aliphatic heterocycles. The fourth-order valence-corrected chi connectivity index (χ4v) is 3.66. The highest BCUT2D eigenvalue weighted by Crippen LogP contribution is 2.28. The average molecular weight is 418 g/mol. The van der Waals surface area contributed by atoms with Crippen molar-refractivity contribution < 1.29 is 23.1 Å². The SMILES string of the molecule is CN(Cc1csc(-c2cccs2)n1)Cc1cncn1C.O=C(O)C(F)(F)F. The zero-order chi connectivity index (χ0) is 20.0. The summed E-state index contributed by atoms with van der Waals surface area (Å²) in [6.07, 6.45) is -1.34. The number of thiophene rings is 1. The molecule has 0 unspecified atom stereocenters. The highest BCUT2D eigenvalue weighted by molar-refractivity contribution is 7.20. The average Bonchev–Trinajstić information content (AvgIpc) is 3.30. The van der Waals surface area contributed by atoms with Crippen molar-refractivity contribution >= 4 is 28.6 Å². The van der Waals surface area contributed by atoms with E-state index >= 15 is 0 Å². The van der Waals surface area contributed by atoms with Crippen molar-refractivity contribution in [3.05, 3.63) is 46.8 Å². The first-order valence-electron chi connectivity index (χ1n) is 7.59. The Bertz CT molecular complexity index is 859. The second-order valence-corrected chi connectivity index (χ2v) is 7.40. The smallest absolute Gasteiger partial charge is 0.475 e. The van der Waals surface area contributed by atoms with Gasteiger partial charge in [-0.1, -0.05) is 6.07 Å². The van der Waals surface area contributed by atoms with Crippen molar-refractivity contribution in [3.8, 4) is 9.88 Å². The number of rotatable bonds is 5. The zero-order valence-corrected chi connectivity index (χ0v) is 16.1. The van der Waals surface area contributed by atoms with Gasteiger partial charge < -0.3 is 9.67 Å². The van der Waals surface area contributed by atoms with E-state index < -0.39 is 12.1 Å². The maximum Gasteiger partial charge on any atom is 0.490 e. The molecule has 0 aliphatic carbocycles. The van der Waals surface area contributed by atoms with E-state index in [4.69, 9.17) is 14.9 Å². The molecule has 0 fully saturated rings. The number of imidazole rings is 1. The Morgan fingerprint density at radius 1 is 1.33 bits per heavy atom. The second-order valence-electron chi connectivity index (χ2n) is 5.59. The van der Waals surface area contributed by atoms with Crippen molar-refractivity contribution in [1.29, 1.82) is 0 Å². The van der Waals surface area contributed by atoms with Crippen LogP contribution in [0.4, 0.5) is 13.2 Å². The number of alkyl halides is 3. The predicted octanol–water partition coefficient (Wildman–Crippen LogP) is 3.87. The van der Waals surface area contributed by atoms with Gasteiger partial charge in [-0.15, -0.1) is 22.7 Å². The molecule has 0 atom stereocenters. The predicted molar refractivity (Wildman–Crippen MR) is 97.5 cm³/mol. The summed E-state index contributed by atoms with van der Waals surface area (Å²) in [6, 6.07) is 4.18. The highest BCUT2D eigenvalue weighted by Gasteiger charge is 2.38. The molecule has 3 aromatic rings. The Morgan fingerprint density at radius 3 is 2.56 bits per heavy atom. The number of aliphatic carboxylic acids is 1. The normalized spacial score (nSPS) is 11.3. The minimum atomic E-state index is -5.08. The van der Waals surface area contributed by atoms with E-state index in [9.17, 15) is 13.2 Å². The molecule has 0 saturated carbocycles. The number of carboxylic acid groups (broad SMARTS) is 1. The molecule has 0 aromatic carbocycles. The second kappa shape index (κ2) is 9.11. The molecule has 3 rings (SSSR count). The molecule has 27 heavy (non-hydrogen) atoms. The summed E-state index contributed by atoms with van der Waals surface area (Å²) in [6.45, 7) is 1.73. The van der Waals surface area contributed by atoms with E-state index in [1.165, 1.54) is 10.6 Å². The van der Waals surface area contributed by atoms with Gasteiger partial charge in [-0.2, -0.15) is 13.2 Å². The van der Waals surface area contributed by atoms with Crippen molar-refractivity contribution in [2.75, 3.05) is 7.05 Å². The molecule has 0 bridgehead atoms. The Kier molecular flexibility index (Phi) is 7.11. The molecule has 11 heteroatoms. The summed E-state index contributed by atoms with van der Waals surface area (Å²) in [5.41, 5.74) is 2.34. The Hall–Kier alpha value is -2.24. The minimum absolute atomic E-state index is 0.854. The van der Waals surface area contributed by atoms with Crippen molar-refractivity contribution in [2.45, 2.75) is 19.3 Å². The summed E-state index contributed by atoms with van der Waals surface area (Å²) < 4.78 is 33.8. The monoisotopic (exact) mass is 418 g/mol. The van der Waals surface area contributed by atoms with Crippen LogP contribution in [0, 0.1) is 0 Å². The van der Waals surface area contributed by atoms with Crippen LogP contribution < -0.4 is 0 Å². The number of hydrogen-bond donors (Lipinski definition) is 1. The quantitative estimate of drug-likeness (QED) is 0.681. The third-order valence-electron chi connectivity index (χ3n) is 3.31. The van der Waals surface area contributed by atoms with Crippen LogP contribution in [-0.2, 0) is 24.9 Å². The number of aromatic nitrogens is 3. The molecule has 1 N–H and O–H groups in total. The Morgan fingerprint density at radius 2 is 2.04 bits per heavy atom. The van der Waals surface area contributed by atoms with E-state index in [-0.39, 0.29) is 0 Å². The van der Waals surface area contributed by atoms with E-state index in [1.807, 2.05) is 19.6 Å². The van der Waals surface area contributed by atoms with Crippen LogP contribution in [0.1, 0.15) is 11.4 Å². The first-order valence-corrected chi connectivity index (χ1v) is 9.35. The summed E-state index contributed by atoms with van der Waals surface area (Å²) in [5.74, 6) is -2.76. The molecule has 3 aromatic heterocycles. The van der Waals surface area contributed by atoms with Crippen LogP contribution in [0.15, 0.2) is 35.4 Å². The van der Waals surface area contributed by atoms with Crippen LogP contribution in [0.2, 0.25) is 0 Å². The van der Waals surface area contributed by atoms with Crippen molar-refractivity contribution in [1.82, 2.24) is 19.4 Å². The van der Waals surface area contributed by atoms with Gasteiger partial charge in [0.05, 0.1) is 22.6 Å². The molecule has 0 amide bonds. The summed E-state index contributed by atoms with van der Waals surface area (Å²) >= 11 is 3.45. The van der Waals surface area contributed by atoms with Crippen LogP contribution in [0.5, 0.6) is 0 Å². The topological polar surface area (TPSA) is 71.2 Å². The van der Waals surface area contributed by atoms with Gasteiger partial charge in [-0.25, -0.2) is 14.8 Å². The lowest BCUT2D eigenvalue weighted by Gasteiger charge is -2.15. The fraction of sp³-hybridized carbons (Fsp3) is 0.312. The number of carboxylic acids is 1. The maximum atomic E-state index is 10.6. The fourth-order valence-electron chi connectivity index (χ4n) is 2.04. The zero-order valence-electron chi connectivity index (χ0n) is 14.5. The van der Waals surface area contributed by atoms with Gasteiger partial charge in [0.25, 0.3) is 0 Å². The highest BCUT2D eigenvalue weighted by atomic mass is 32.1. The molecule has 0 spiro atoms. The van der Waals surface area contributed by atoms with Gasteiger partial charge in [0.1, 0.15) is 5.01 Å². The number of aryl methyl sites for hydroxylation is 1. The standard InChI is InChI=1S/C14H16N4S2.C2HF3O2/c1-17(8-12-6-15-10-18(12)2)7-11-9-20-14(16-11)13-4-3-5-19-13;3-2(4,5)1(6)7/h3-6,9-10H,7-8H2,1-2H3;(H,6,7). The first kappa shape index (κ1) is 21.1. The van der Waals surface area contributed by atoms with Crippen LogP contribution in [0.25, 0.3) is 9.88 Å². The van der Waals surface area contributed by atoms with Crippen LogP contribution in [-0.4, -0.2) is 43.7 Å². The molecule has 0 aliphatic rings. The molecule has 3 heterocycles. The van der Waals surface area contributed by atoms with Gasteiger partial charge in [0.2, 0.25) is 0 Å². The van der Waals surface area contributed by atoms with E-state index in [0.29, 0.717) is 0 Å². The molecule has 6 nitrogen and oxygen atoms in total. The first-order chi connectivity index (χ1) is 12.7. The molecule has 146 valence electrons. The Labute approximate surface area is 161 Å². The molecule has 0 saturated heterocycles. The molecule has 0 radical (unpaired) electrons. The third-order valence-corrected chi connectivity index (χ3v) is 5.24. The number of thiazole rings is 1. The van der Waals surface area contributed by atoms with Gasteiger partial charge in [0.15, 0.2) is 0 Å². The lowest BCUT2D eigenvalue weighted by atomic mass is 10.4. The van der Waals surface area contributed by atoms with Gasteiger partial charge in [0, 0.05) is 31.7 Å².